The van der Waals surface area contributed by atoms with Gasteiger partial charge in [-0.25, -0.2) is 15.0 Å². The molecule has 4 atom stereocenters. The van der Waals surface area contributed by atoms with Gasteiger partial charge in [-0.05, 0) is 107 Å². The van der Waals surface area contributed by atoms with Gasteiger partial charge in [0.1, 0.15) is 12.2 Å². The third-order valence-corrected chi connectivity index (χ3v) is 11.8. The SMILES string of the molecule is C=CCN(C)N(C)CC(C)(CC(CC)CCc1ccc(N2CCN(c3ccc(N4C=NN(C(C)C(C)N)C4=C)cc3)CC2)cc1)C1=CCCCC1. The molecule has 2 aliphatic heterocycles. The lowest BCUT2D eigenvalue weighted by molar-refractivity contribution is 0.00279. The molecule has 0 spiro atoms. The molecule has 1 saturated heterocycles. The van der Waals surface area contributed by atoms with E-state index < -0.39 is 0 Å². The number of nitrogens with zero attached hydrogens (tertiary/aromatic N) is 7. The Morgan fingerprint density at radius 1 is 0.922 bits per heavy atom. The number of nitrogens with two attached hydrogens (primary N) is 1. The lowest BCUT2D eigenvalue weighted by atomic mass is 9.70. The fourth-order valence-electron chi connectivity index (χ4n) is 8.14. The molecular weight excluding hydrogens is 629 g/mol. The van der Waals surface area contributed by atoms with Crippen LogP contribution >= 0.6 is 0 Å². The minimum Gasteiger partial charge on any atom is -0.368 e. The van der Waals surface area contributed by atoms with Crippen LogP contribution in [0, 0.1) is 11.3 Å². The molecule has 1 fully saturated rings. The highest BCUT2D eigenvalue weighted by molar-refractivity contribution is 5.85. The van der Waals surface area contributed by atoms with E-state index in [2.05, 4.69) is 128 Å². The Labute approximate surface area is 309 Å². The first-order valence-corrected chi connectivity index (χ1v) is 19.5. The van der Waals surface area contributed by atoms with Gasteiger partial charge < -0.3 is 15.5 Å². The predicted octanol–water partition coefficient (Wildman–Crippen LogP) is 8.11. The van der Waals surface area contributed by atoms with E-state index in [1.807, 2.05) is 29.2 Å². The average Bonchev–Trinajstić information content (AvgIpc) is 3.54. The Morgan fingerprint density at radius 3 is 2.08 bits per heavy atom. The number of allylic oxidation sites excluding steroid dienone is 1. The standard InChI is InChI=1S/C43H66N8/c1-9-26-46(7)47(8)32-43(6,39-14-12-11-13-15-39)31-37(10-2)16-17-38-18-20-40(21-19-38)48-27-29-49(30-28-48)41-22-24-42(25-23-41)50-33-45-51(36(50)5)35(4)34(3)44/h9,14,18-25,33-35,37H,1,5,10-13,15-17,26-32,44H2,2-4,6-8H3. The number of hydrazone groups is 1. The van der Waals surface area contributed by atoms with Crippen LogP contribution in [-0.2, 0) is 6.42 Å². The van der Waals surface area contributed by atoms with Crippen molar-refractivity contribution < 1.29 is 0 Å². The molecule has 2 aromatic rings. The van der Waals surface area contributed by atoms with Gasteiger partial charge in [-0.1, -0.05) is 56.7 Å². The summed E-state index contributed by atoms with van der Waals surface area (Å²) < 4.78 is 0. The van der Waals surface area contributed by atoms with Gasteiger partial charge in [0.2, 0.25) is 0 Å². The molecule has 0 saturated carbocycles. The Balaban J connectivity index is 1.12. The Hall–Kier alpha value is -3.59. The first kappa shape index (κ1) is 38.6. The number of likely N-dealkylation sites (N-methyl/N-ethyl adjacent to an activating group) is 1. The van der Waals surface area contributed by atoms with Crippen LogP contribution in [0.4, 0.5) is 17.1 Å². The van der Waals surface area contributed by atoms with Gasteiger partial charge in [0.05, 0.1) is 6.04 Å². The zero-order chi connectivity index (χ0) is 36.5. The van der Waals surface area contributed by atoms with Crippen molar-refractivity contribution in [3.05, 3.63) is 90.8 Å². The monoisotopic (exact) mass is 695 g/mol. The highest BCUT2D eigenvalue weighted by atomic mass is 15.6. The van der Waals surface area contributed by atoms with Crippen molar-refractivity contribution in [2.24, 2.45) is 22.2 Å². The number of hydrazine groups is 1. The number of hydrogen-bond donors (Lipinski definition) is 1. The summed E-state index contributed by atoms with van der Waals surface area (Å²) in [5, 5.41) is 11.2. The molecule has 2 heterocycles. The van der Waals surface area contributed by atoms with Gasteiger partial charge in [-0.15, -0.1) is 6.58 Å². The number of anilines is 3. The van der Waals surface area contributed by atoms with Gasteiger partial charge in [0.15, 0.2) is 0 Å². The number of rotatable bonds is 17. The molecule has 0 radical (unpaired) electrons. The van der Waals surface area contributed by atoms with Gasteiger partial charge in [0.25, 0.3) is 0 Å². The summed E-state index contributed by atoms with van der Waals surface area (Å²) in [6.45, 7) is 23.2. The number of piperazine rings is 1. The summed E-state index contributed by atoms with van der Waals surface area (Å²) in [5.74, 6) is 1.54. The largest absolute Gasteiger partial charge is 0.368 e. The number of hydrogen-bond acceptors (Lipinski definition) is 8. The van der Waals surface area contributed by atoms with E-state index in [0.29, 0.717) is 5.92 Å². The van der Waals surface area contributed by atoms with Crippen LogP contribution in [0.1, 0.15) is 78.2 Å². The van der Waals surface area contributed by atoms with E-state index in [1.165, 1.54) is 61.9 Å². The van der Waals surface area contributed by atoms with E-state index in [4.69, 9.17) is 5.73 Å². The molecule has 4 unspecified atom stereocenters. The third kappa shape index (κ3) is 9.65. The molecule has 278 valence electrons. The maximum absolute atomic E-state index is 6.12. The first-order valence-electron chi connectivity index (χ1n) is 19.5. The van der Waals surface area contributed by atoms with Crippen LogP contribution in [0.25, 0.3) is 0 Å². The fourth-order valence-corrected chi connectivity index (χ4v) is 8.14. The second-order valence-corrected chi connectivity index (χ2v) is 15.6. The molecule has 51 heavy (non-hydrogen) atoms. The molecular formula is C43H66N8. The molecule has 0 bridgehead atoms. The van der Waals surface area contributed by atoms with Gasteiger partial charge in [0, 0.05) is 81.9 Å². The van der Waals surface area contributed by atoms with Crippen molar-refractivity contribution in [1.29, 1.82) is 0 Å². The molecule has 5 rings (SSSR count). The average molecular weight is 695 g/mol. The van der Waals surface area contributed by atoms with Crippen LogP contribution < -0.4 is 20.4 Å². The highest BCUT2D eigenvalue weighted by Crippen LogP contribution is 2.42. The zero-order valence-electron chi connectivity index (χ0n) is 32.6. The maximum atomic E-state index is 6.12. The van der Waals surface area contributed by atoms with E-state index in [1.54, 1.807) is 5.57 Å². The predicted molar refractivity (Wildman–Crippen MR) is 219 cm³/mol. The smallest absolute Gasteiger partial charge is 0.128 e. The topological polar surface area (TPSA) is 57.8 Å². The molecule has 1 aliphatic carbocycles. The van der Waals surface area contributed by atoms with Crippen molar-refractivity contribution in [2.75, 3.05) is 68.1 Å². The minimum atomic E-state index is 0.000831. The molecule has 8 heteroatoms. The van der Waals surface area contributed by atoms with Crippen LogP contribution in [0.15, 0.2) is 90.3 Å². The van der Waals surface area contributed by atoms with E-state index in [-0.39, 0.29) is 17.5 Å². The number of benzene rings is 2. The number of aryl methyl sites for hydroxylation is 1. The summed E-state index contributed by atoms with van der Waals surface area (Å²) in [6, 6.07) is 18.3. The molecule has 0 aromatic heterocycles. The van der Waals surface area contributed by atoms with Crippen molar-refractivity contribution in [3.8, 4) is 0 Å². The van der Waals surface area contributed by atoms with Crippen LogP contribution in [0.3, 0.4) is 0 Å². The van der Waals surface area contributed by atoms with E-state index >= 15 is 0 Å². The zero-order valence-corrected chi connectivity index (χ0v) is 32.6. The third-order valence-electron chi connectivity index (χ3n) is 11.8. The minimum absolute atomic E-state index is 0.000831. The Bertz CT molecular complexity index is 1470. The molecule has 3 aliphatic rings. The Morgan fingerprint density at radius 2 is 1.53 bits per heavy atom. The second-order valence-electron chi connectivity index (χ2n) is 15.6. The van der Waals surface area contributed by atoms with Gasteiger partial charge in [-0.2, -0.15) is 5.10 Å². The molecule has 8 nitrogen and oxygen atoms in total. The van der Waals surface area contributed by atoms with E-state index in [0.717, 1.165) is 57.2 Å². The van der Waals surface area contributed by atoms with Crippen LogP contribution in [0.5, 0.6) is 0 Å². The highest BCUT2D eigenvalue weighted by Gasteiger charge is 2.34. The van der Waals surface area contributed by atoms with Crippen molar-refractivity contribution in [3.63, 3.8) is 0 Å². The fraction of sp³-hybridized carbons (Fsp3) is 0.558. The molecule has 2 N–H and O–H groups in total. The van der Waals surface area contributed by atoms with Crippen molar-refractivity contribution in [2.45, 2.75) is 91.1 Å². The Kier molecular flexibility index (Phi) is 13.5. The lowest BCUT2D eigenvalue weighted by Gasteiger charge is -2.42. The summed E-state index contributed by atoms with van der Waals surface area (Å²) in [6.07, 6.45) is 16.4. The normalized spacial score (nSPS) is 19.8. The summed E-state index contributed by atoms with van der Waals surface area (Å²) in [4.78, 5) is 7.05. The molecule has 0 amide bonds. The lowest BCUT2D eigenvalue weighted by Crippen LogP contribution is -2.46. The first-order chi connectivity index (χ1) is 24.5. The van der Waals surface area contributed by atoms with Crippen LogP contribution in [-0.4, -0.2) is 86.8 Å². The summed E-state index contributed by atoms with van der Waals surface area (Å²) >= 11 is 0. The van der Waals surface area contributed by atoms with Crippen LogP contribution in [0.2, 0.25) is 0 Å². The van der Waals surface area contributed by atoms with Gasteiger partial charge in [-0.3, -0.25) is 4.90 Å². The maximum Gasteiger partial charge on any atom is 0.128 e. The summed E-state index contributed by atoms with van der Waals surface area (Å²) in [5.41, 5.74) is 13.1. The van der Waals surface area contributed by atoms with Crippen molar-refractivity contribution in [1.82, 2.24) is 15.0 Å². The van der Waals surface area contributed by atoms with Crippen molar-refractivity contribution >= 4 is 23.4 Å². The summed E-state index contributed by atoms with van der Waals surface area (Å²) in [7, 11) is 4.42. The quantitative estimate of drug-likeness (QED) is 0.133. The molecule has 2 aromatic carbocycles. The van der Waals surface area contributed by atoms with E-state index in [9.17, 15) is 0 Å². The van der Waals surface area contributed by atoms with Gasteiger partial charge >= 0.3 is 0 Å². The second kappa shape index (κ2) is 17.8.